The van der Waals surface area contributed by atoms with Gasteiger partial charge in [-0.25, -0.2) is 9.78 Å². The number of carbonyl (C=O) groups excluding carboxylic acids is 2. The zero-order chi connectivity index (χ0) is 20.6. The first-order chi connectivity index (χ1) is 13.2. The van der Waals surface area contributed by atoms with Gasteiger partial charge >= 0.3 is 5.97 Å². The molecule has 0 N–H and O–H groups in total. The second-order valence-corrected chi connectivity index (χ2v) is 8.32. The minimum absolute atomic E-state index is 0.212. The molecule has 3 aromatic rings. The largest absolute Gasteiger partial charge is 0.453 e. The van der Waals surface area contributed by atoms with Crippen molar-refractivity contribution in [2.75, 3.05) is 6.61 Å². The van der Waals surface area contributed by atoms with E-state index in [9.17, 15) is 9.59 Å². The number of esters is 1. The van der Waals surface area contributed by atoms with Crippen LogP contribution in [0.15, 0.2) is 24.3 Å². The van der Waals surface area contributed by atoms with Crippen molar-refractivity contribution < 1.29 is 14.3 Å². The summed E-state index contributed by atoms with van der Waals surface area (Å²) in [7, 11) is 0. The van der Waals surface area contributed by atoms with Gasteiger partial charge in [0.1, 0.15) is 4.88 Å². The van der Waals surface area contributed by atoms with Crippen molar-refractivity contribution in [1.82, 2.24) is 9.55 Å². The van der Waals surface area contributed by atoms with Gasteiger partial charge in [-0.1, -0.05) is 6.07 Å². The summed E-state index contributed by atoms with van der Waals surface area (Å²) in [4.78, 5) is 29.7. The summed E-state index contributed by atoms with van der Waals surface area (Å²) >= 11 is 1.28. The van der Waals surface area contributed by atoms with Gasteiger partial charge in [-0.15, -0.1) is 11.3 Å². The lowest BCUT2D eigenvalue weighted by atomic mass is 10.1. The zero-order valence-corrected chi connectivity index (χ0v) is 17.9. The standard InChI is InChI=1S/C22H24N2O3S/c1-12-7-13(2)9-18(8-12)24-14(3)10-19(16(24)5)20(25)11-27-22(26)21-15(4)23-17(6)28-21/h7-10H,11H2,1-6H3. The van der Waals surface area contributed by atoms with E-state index in [-0.39, 0.29) is 12.4 Å². The van der Waals surface area contributed by atoms with Gasteiger partial charge in [-0.05, 0) is 70.9 Å². The molecule has 0 spiro atoms. The number of Topliss-reactive ketones (excluding diaryl/α,β-unsaturated/α-hetero) is 1. The molecule has 1 aromatic carbocycles. The third kappa shape index (κ3) is 3.92. The van der Waals surface area contributed by atoms with Crippen LogP contribution in [0.25, 0.3) is 5.69 Å². The second kappa shape index (κ2) is 7.72. The van der Waals surface area contributed by atoms with E-state index in [0.29, 0.717) is 16.1 Å². The number of aromatic nitrogens is 2. The Labute approximate surface area is 169 Å². The summed E-state index contributed by atoms with van der Waals surface area (Å²) in [6, 6.07) is 8.16. The van der Waals surface area contributed by atoms with Crippen LogP contribution >= 0.6 is 11.3 Å². The van der Waals surface area contributed by atoms with Gasteiger partial charge < -0.3 is 9.30 Å². The van der Waals surface area contributed by atoms with Crippen molar-refractivity contribution >= 4 is 23.1 Å². The molecule has 5 nitrogen and oxygen atoms in total. The molecule has 0 aliphatic heterocycles. The molecule has 0 aliphatic carbocycles. The van der Waals surface area contributed by atoms with Gasteiger partial charge in [0, 0.05) is 22.6 Å². The van der Waals surface area contributed by atoms with E-state index in [2.05, 4.69) is 41.6 Å². The Hall–Kier alpha value is -2.73. The molecule has 0 amide bonds. The minimum atomic E-state index is -0.500. The first-order valence-corrected chi connectivity index (χ1v) is 9.91. The Bertz CT molecular complexity index is 1060. The fraction of sp³-hybridized carbons (Fsp3) is 0.318. The summed E-state index contributed by atoms with van der Waals surface area (Å²) in [5.74, 6) is -0.712. The normalized spacial score (nSPS) is 10.9. The smallest absolute Gasteiger partial charge is 0.350 e. The average Bonchev–Trinajstić information content (AvgIpc) is 3.09. The molecule has 6 heteroatoms. The van der Waals surface area contributed by atoms with Crippen molar-refractivity contribution in [3.63, 3.8) is 0 Å². The number of carbonyl (C=O) groups is 2. The van der Waals surface area contributed by atoms with Gasteiger partial charge in [0.2, 0.25) is 5.78 Å². The summed E-state index contributed by atoms with van der Waals surface area (Å²) in [6.45, 7) is 11.3. The SMILES string of the molecule is Cc1cc(C)cc(-n2c(C)cc(C(=O)COC(=O)c3sc(C)nc3C)c2C)c1. The van der Waals surface area contributed by atoms with Gasteiger partial charge in [0.25, 0.3) is 0 Å². The highest BCUT2D eigenvalue weighted by Gasteiger charge is 2.20. The maximum atomic E-state index is 12.7. The molecule has 0 fully saturated rings. The molecule has 0 saturated carbocycles. The van der Waals surface area contributed by atoms with Crippen molar-refractivity contribution in [3.05, 3.63) is 67.9 Å². The number of ketones is 1. The molecule has 2 heterocycles. The second-order valence-electron chi connectivity index (χ2n) is 7.11. The van der Waals surface area contributed by atoms with Crippen LogP contribution < -0.4 is 0 Å². The molecular formula is C22H24N2O3S. The van der Waals surface area contributed by atoms with Crippen LogP contribution in [0.1, 0.15) is 53.2 Å². The highest BCUT2D eigenvalue weighted by molar-refractivity contribution is 7.13. The Kier molecular flexibility index (Phi) is 5.52. The molecule has 0 unspecified atom stereocenters. The lowest BCUT2D eigenvalue weighted by Crippen LogP contribution is -2.15. The lowest BCUT2D eigenvalue weighted by Gasteiger charge is -2.12. The van der Waals surface area contributed by atoms with Crippen LogP contribution in [-0.4, -0.2) is 27.9 Å². The molecule has 0 atom stereocenters. The molecule has 0 saturated heterocycles. The molecule has 146 valence electrons. The molecule has 2 aromatic heterocycles. The predicted octanol–water partition coefficient (Wildman–Crippen LogP) is 4.82. The zero-order valence-electron chi connectivity index (χ0n) is 17.0. The van der Waals surface area contributed by atoms with Crippen molar-refractivity contribution in [2.45, 2.75) is 41.5 Å². The summed E-state index contributed by atoms with van der Waals surface area (Å²) in [6.07, 6.45) is 0. The molecule has 3 rings (SSSR count). The average molecular weight is 397 g/mol. The number of aryl methyl sites for hydroxylation is 5. The maximum Gasteiger partial charge on any atom is 0.350 e. The quantitative estimate of drug-likeness (QED) is 0.458. The van der Waals surface area contributed by atoms with Gasteiger partial charge in [0.05, 0.1) is 10.7 Å². The van der Waals surface area contributed by atoms with Gasteiger partial charge in [-0.3, -0.25) is 4.79 Å². The summed E-state index contributed by atoms with van der Waals surface area (Å²) in [5.41, 5.74) is 6.37. The van der Waals surface area contributed by atoms with Crippen LogP contribution in [0.3, 0.4) is 0 Å². The van der Waals surface area contributed by atoms with Crippen molar-refractivity contribution in [3.8, 4) is 5.69 Å². The van der Waals surface area contributed by atoms with E-state index in [1.807, 2.05) is 26.8 Å². The minimum Gasteiger partial charge on any atom is -0.453 e. The number of hydrogen-bond donors (Lipinski definition) is 0. The van der Waals surface area contributed by atoms with Crippen LogP contribution in [0.2, 0.25) is 0 Å². The Morgan fingerprint density at radius 3 is 2.21 bits per heavy atom. The summed E-state index contributed by atoms with van der Waals surface area (Å²) in [5, 5.41) is 0.799. The van der Waals surface area contributed by atoms with E-state index >= 15 is 0 Å². The Balaban J connectivity index is 1.81. The number of rotatable bonds is 5. The fourth-order valence-corrected chi connectivity index (χ4v) is 4.33. The summed E-state index contributed by atoms with van der Waals surface area (Å²) < 4.78 is 7.32. The lowest BCUT2D eigenvalue weighted by molar-refractivity contribution is 0.0478. The topological polar surface area (TPSA) is 61.2 Å². The fourth-order valence-electron chi connectivity index (χ4n) is 3.52. The van der Waals surface area contributed by atoms with Crippen LogP contribution in [0.4, 0.5) is 0 Å². The van der Waals surface area contributed by atoms with E-state index < -0.39 is 5.97 Å². The van der Waals surface area contributed by atoms with Crippen LogP contribution in [0.5, 0.6) is 0 Å². The number of nitrogens with zero attached hydrogens (tertiary/aromatic N) is 2. The molecule has 0 radical (unpaired) electrons. The Morgan fingerprint density at radius 1 is 1.00 bits per heavy atom. The molecule has 0 aliphatic rings. The van der Waals surface area contributed by atoms with E-state index in [0.717, 1.165) is 22.1 Å². The third-order valence-corrected chi connectivity index (χ3v) is 5.67. The molecular weight excluding hydrogens is 372 g/mol. The highest BCUT2D eigenvalue weighted by Crippen LogP contribution is 2.24. The third-order valence-electron chi connectivity index (χ3n) is 4.62. The predicted molar refractivity (Wildman–Crippen MR) is 111 cm³/mol. The van der Waals surface area contributed by atoms with Crippen molar-refractivity contribution in [1.29, 1.82) is 0 Å². The number of thiazole rings is 1. The first kappa shape index (κ1) is 20.0. The van der Waals surface area contributed by atoms with Gasteiger partial charge in [0.15, 0.2) is 6.61 Å². The molecule has 0 bridgehead atoms. The first-order valence-electron chi connectivity index (χ1n) is 9.09. The van der Waals surface area contributed by atoms with Crippen LogP contribution in [-0.2, 0) is 4.74 Å². The van der Waals surface area contributed by atoms with E-state index in [4.69, 9.17) is 4.74 Å². The maximum absolute atomic E-state index is 12.7. The molecule has 28 heavy (non-hydrogen) atoms. The van der Waals surface area contributed by atoms with Gasteiger partial charge in [-0.2, -0.15) is 0 Å². The highest BCUT2D eigenvalue weighted by atomic mass is 32.1. The van der Waals surface area contributed by atoms with E-state index in [1.165, 1.54) is 22.5 Å². The van der Waals surface area contributed by atoms with Crippen LogP contribution in [0, 0.1) is 41.5 Å². The number of hydrogen-bond acceptors (Lipinski definition) is 5. The monoisotopic (exact) mass is 396 g/mol. The Morgan fingerprint density at radius 2 is 1.64 bits per heavy atom. The number of ether oxygens (including phenoxy) is 1. The van der Waals surface area contributed by atoms with E-state index in [1.54, 1.807) is 6.92 Å². The number of benzene rings is 1. The van der Waals surface area contributed by atoms with Crippen molar-refractivity contribution in [2.24, 2.45) is 0 Å².